The second-order valence-corrected chi connectivity index (χ2v) is 9.53. The van der Waals surface area contributed by atoms with Gasteiger partial charge < -0.3 is 14.8 Å². The number of fused-ring (bicyclic) bond motifs is 3. The minimum Gasteiger partial charge on any atom is -0.508 e. The number of rotatable bonds is 3. The Bertz CT molecular complexity index is 1120. The molecule has 0 saturated carbocycles. The van der Waals surface area contributed by atoms with E-state index in [-0.39, 0.29) is 23.5 Å². The Morgan fingerprint density at radius 1 is 1.12 bits per heavy atom. The fraction of sp³-hybridized carbons (Fsp3) is 0.333. The average molecular weight is 496 g/mol. The second-order valence-electron chi connectivity index (χ2n) is 8.62. The van der Waals surface area contributed by atoms with Crippen molar-refractivity contribution in [3.05, 3.63) is 69.6 Å². The summed E-state index contributed by atoms with van der Waals surface area (Å²) >= 11 is 3.42. The molecule has 3 aliphatic rings. The topological polar surface area (TPSA) is 87.1 Å². The van der Waals surface area contributed by atoms with Gasteiger partial charge in [-0.1, -0.05) is 46.6 Å². The van der Waals surface area contributed by atoms with Crippen LogP contribution in [0.1, 0.15) is 37.9 Å². The zero-order valence-corrected chi connectivity index (χ0v) is 19.2. The molecule has 32 heavy (non-hydrogen) atoms. The quantitative estimate of drug-likeness (QED) is 0.493. The monoisotopic (exact) mass is 495 g/mol. The predicted molar refractivity (Wildman–Crippen MR) is 124 cm³/mol. The standard InChI is InChI=1S/C24H23BBrNO5/c1-2-13-10-18-21(24(30)27(23(18)29)15-6-4-3-5-7-15)17-12-20(32-25(31)22(13)17)16-11-14(26)8-9-19(16)28/h3-9,11,17-18,20-21,28,31H,2,10,12H2,1H3/t17-,18-,20-,21+/m0/s1. The largest absolute Gasteiger partial charge is 0.508 e. The summed E-state index contributed by atoms with van der Waals surface area (Å²) in [5, 5.41) is 21.4. The van der Waals surface area contributed by atoms with Crippen molar-refractivity contribution in [2.45, 2.75) is 32.3 Å². The molecule has 0 spiro atoms. The number of phenols is 1. The summed E-state index contributed by atoms with van der Waals surface area (Å²) in [7, 11) is -1.18. The molecule has 0 aromatic heterocycles. The third kappa shape index (κ3) is 3.32. The van der Waals surface area contributed by atoms with Gasteiger partial charge in [0.25, 0.3) is 0 Å². The Hall–Kier alpha value is -2.42. The normalized spacial score (nSPS) is 27.6. The Balaban J connectivity index is 1.56. The molecule has 0 bridgehead atoms. The molecule has 1 aliphatic carbocycles. The van der Waals surface area contributed by atoms with Crippen LogP contribution in [0.2, 0.25) is 0 Å². The Kier molecular flexibility index (Phi) is 5.47. The van der Waals surface area contributed by atoms with E-state index in [1.165, 1.54) is 4.90 Å². The number of hydrogen-bond donors (Lipinski definition) is 2. The summed E-state index contributed by atoms with van der Waals surface area (Å²) < 4.78 is 6.72. The van der Waals surface area contributed by atoms with E-state index in [0.717, 1.165) is 15.5 Å². The molecule has 0 radical (unpaired) electrons. The number of carbonyl (C=O) groups is 2. The molecule has 0 unspecified atom stereocenters. The Morgan fingerprint density at radius 3 is 2.59 bits per heavy atom. The van der Waals surface area contributed by atoms with Crippen LogP contribution in [0.5, 0.6) is 5.75 Å². The van der Waals surface area contributed by atoms with Crippen molar-refractivity contribution in [3.8, 4) is 5.75 Å². The van der Waals surface area contributed by atoms with Crippen LogP contribution in [0.4, 0.5) is 5.69 Å². The Labute approximate surface area is 195 Å². The number of allylic oxidation sites excluding steroid dienone is 2. The fourth-order valence-electron chi connectivity index (χ4n) is 5.56. The first-order valence-corrected chi connectivity index (χ1v) is 11.7. The van der Waals surface area contributed by atoms with Gasteiger partial charge in [0.1, 0.15) is 5.75 Å². The van der Waals surface area contributed by atoms with Gasteiger partial charge >= 0.3 is 7.12 Å². The zero-order valence-electron chi connectivity index (χ0n) is 17.6. The highest BCUT2D eigenvalue weighted by atomic mass is 79.9. The van der Waals surface area contributed by atoms with Crippen molar-refractivity contribution in [1.82, 2.24) is 0 Å². The number of halogens is 1. The van der Waals surface area contributed by atoms with Crippen molar-refractivity contribution >= 4 is 40.6 Å². The number of para-hydroxylation sites is 1. The molecule has 5 rings (SSSR count). The van der Waals surface area contributed by atoms with Gasteiger partial charge in [0.05, 0.1) is 23.6 Å². The SMILES string of the molecule is CCC1=C2B(O)O[C@H](c3cc(Br)ccc3O)C[C@H]2[C@H]2C(=O)N(c3ccccc3)C(=O)[C@H]2C1. The third-order valence-corrected chi connectivity index (χ3v) is 7.48. The molecule has 6 nitrogen and oxygen atoms in total. The van der Waals surface area contributed by atoms with Crippen molar-refractivity contribution in [1.29, 1.82) is 0 Å². The highest BCUT2D eigenvalue weighted by Crippen LogP contribution is 2.53. The highest BCUT2D eigenvalue weighted by Gasteiger charge is 2.58. The summed E-state index contributed by atoms with van der Waals surface area (Å²) in [6.07, 6.45) is 0.938. The van der Waals surface area contributed by atoms with Crippen LogP contribution in [0.3, 0.4) is 0 Å². The fourth-order valence-corrected chi connectivity index (χ4v) is 5.94. The van der Waals surface area contributed by atoms with Gasteiger partial charge in [0.15, 0.2) is 0 Å². The van der Waals surface area contributed by atoms with Crippen LogP contribution in [0.25, 0.3) is 0 Å². The van der Waals surface area contributed by atoms with Crippen LogP contribution in [0, 0.1) is 17.8 Å². The minimum atomic E-state index is -1.18. The van der Waals surface area contributed by atoms with Crippen molar-refractivity contribution in [2.75, 3.05) is 4.90 Å². The molecule has 2 N–H and O–H groups in total. The van der Waals surface area contributed by atoms with Gasteiger partial charge in [-0.05, 0) is 61.0 Å². The smallest absolute Gasteiger partial charge is 0.487 e. The van der Waals surface area contributed by atoms with Crippen LogP contribution in [-0.4, -0.2) is 29.1 Å². The van der Waals surface area contributed by atoms with Gasteiger partial charge in [-0.15, -0.1) is 0 Å². The first-order valence-electron chi connectivity index (χ1n) is 10.9. The van der Waals surface area contributed by atoms with Crippen LogP contribution in [0.15, 0.2) is 64.0 Å². The summed E-state index contributed by atoms with van der Waals surface area (Å²) in [6, 6.07) is 14.1. The van der Waals surface area contributed by atoms with Gasteiger partial charge in [0.2, 0.25) is 11.8 Å². The molecule has 2 saturated heterocycles. The number of amides is 2. The molecule has 2 aliphatic heterocycles. The number of nitrogens with zero attached hydrogens (tertiary/aromatic N) is 1. The molecular formula is C24H23BBrNO5. The van der Waals surface area contributed by atoms with Crippen LogP contribution in [-0.2, 0) is 14.2 Å². The molecular weight excluding hydrogens is 473 g/mol. The van der Waals surface area contributed by atoms with Crippen molar-refractivity contribution < 1.29 is 24.4 Å². The van der Waals surface area contributed by atoms with Crippen molar-refractivity contribution in [2.24, 2.45) is 17.8 Å². The maximum Gasteiger partial charge on any atom is 0.487 e. The van der Waals surface area contributed by atoms with E-state index in [9.17, 15) is 19.7 Å². The number of phenolic OH excluding ortho intramolecular Hbond substituents is 1. The molecule has 2 aromatic rings. The summed E-state index contributed by atoms with van der Waals surface area (Å²) in [6.45, 7) is 1.99. The number of benzene rings is 2. The second kappa shape index (κ2) is 8.17. The lowest BCUT2D eigenvalue weighted by atomic mass is 9.55. The lowest BCUT2D eigenvalue weighted by Gasteiger charge is -2.42. The number of hydrogen-bond acceptors (Lipinski definition) is 5. The lowest BCUT2D eigenvalue weighted by Crippen LogP contribution is -2.44. The van der Waals surface area contributed by atoms with E-state index in [1.807, 2.05) is 25.1 Å². The summed E-state index contributed by atoms with van der Waals surface area (Å²) in [5.41, 5.74) is 2.84. The van der Waals surface area contributed by atoms with Gasteiger partial charge in [-0.2, -0.15) is 0 Å². The van der Waals surface area contributed by atoms with Crippen molar-refractivity contribution in [3.63, 3.8) is 0 Å². The van der Waals surface area contributed by atoms with E-state index in [4.69, 9.17) is 4.65 Å². The number of imide groups is 1. The number of carbonyl (C=O) groups excluding carboxylic acids is 2. The van der Waals surface area contributed by atoms with Crippen LogP contribution >= 0.6 is 15.9 Å². The van der Waals surface area contributed by atoms with E-state index in [1.54, 1.807) is 30.3 Å². The van der Waals surface area contributed by atoms with Gasteiger partial charge in [0, 0.05) is 10.0 Å². The maximum absolute atomic E-state index is 13.6. The molecule has 8 heteroatoms. The average Bonchev–Trinajstić information content (AvgIpc) is 3.05. The maximum atomic E-state index is 13.6. The van der Waals surface area contributed by atoms with Gasteiger partial charge in [-0.3, -0.25) is 14.5 Å². The number of aromatic hydroxyl groups is 1. The lowest BCUT2D eigenvalue weighted by molar-refractivity contribution is -0.123. The van der Waals surface area contributed by atoms with Crippen LogP contribution < -0.4 is 4.90 Å². The van der Waals surface area contributed by atoms with Gasteiger partial charge in [-0.25, -0.2) is 0 Å². The predicted octanol–water partition coefficient (Wildman–Crippen LogP) is 4.17. The molecule has 2 aromatic carbocycles. The van der Waals surface area contributed by atoms with E-state index < -0.39 is 25.1 Å². The Morgan fingerprint density at radius 2 is 1.88 bits per heavy atom. The third-order valence-electron chi connectivity index (χ3n) is 6.99. The zero-order chi connectivity index (χ0) is 22.6. The molecule has 2 fully saturated rings. The highest BCUT2D eigenvalue weighted by molar-refractivity contribution is 9.10. The van der Waals surface area contributed by atoms with E-state index in [2.05, 4.69) is 15.9 Å². The molecule has 2 heterocycles. The van der Waals surface area contributed by atoms with E-state index >= 15 is 0 Å². The summed E-state index contributed by atoms with van der Waals surface area (Å²) in [5.74, 6) is -1.67. The molecule has 2 amide bonds. The summed E-state index contributed by atoms with van der Waals surface area (Å²) in [4.78, 5) is 28.2. The molecule has 4 atom stereocenters. The number of anilines is 1. The first kappa shape index (κ1) is 21.4. The molecule has 164 valence electrons. The first-order chi connectivity index (χ1) is 15.4. The van der Waals surface area contributed by atoms with E-state index in [0.29, 0.717) is 30.5 Å². The minimum absolute atomic E-state index is 0.0700.